The maximum absolute atomic E-state index is 12.1. The lowest BCUT2D eigenvalue weighted by Gasteiger charge is -2.27. The van der Waals surface area contributed by atoms with Crippen molar-refractivity contribution in [3.63, 3.8) is 0 Å². The molecule has 0 unspecified atom stereocenters. The molecule has 0 amide bonds. The summed E-state index contributed by atoms with van der Waals surface area (Å²) in [7, 11) is 3.04. The van der Waals surface area contributed by atoms with Gasteiger partial charge < -0.3 is 19.1 Å². The fourth-order valence-electron chi connectivity index (χ4n) is 4.04. The highest BCUT2D eigenvalue weighted by atomic mass is 16.5. The number of anilines is 2. The van der Waals surface area contributed by atoms with Crippen LogP contribution in [0.3, 0.4) is 0 Å². The maximum Gasteiger partial charge on any atom is 0.337 e. The highest BCUT2D eigenvalue weighted by Crippen LogP contribution is 2.38. The number of carbonyl (C=O) groups excluding carboxylic acids is 1. The van der Waals surface area contributed by atoms with Gasteiger partial charge in [0.25, 0.3) is 0 Å². The minimum absolute atomic E-state index is 0.216. The molecule has 0 aliphatic heterocycles. The van der Waals surface area contributed by atoms with E-state index < -0.39 is 0 Å². The molecule has 1 aromatic heterocycles. The summed E-state index contributed by atoms with van der Waals surface area (Å²) in [5.74, 6) is 1.08. The number of carbonyl (C=O) groups is 1. The molecular formula is C26H28N2O4. The van der Waals surface area contributed by atoms with Crippen molar-refractivity contribution in [3.05, 3.63) is 78.1 Å². The number of hydrogen-bond donors (Lipinski definition) is 0. The lowest BCUT2D eigenvalue weighted by atomic mass is 10.1. The van der Waals surface area contributed by atoms with E-state index in [1.54, 1.807) is 19.4 Å². The van der Waals surface area contributed by atoms with Crippen LogP contribution in [0, 0.1) is 0 Å². The topological polar surface area (TPSA) is 60.9 Å². The highest BCUT2D eigenvalue weighted by molar-refractivity contribution is 5.90. The first kappa shape index (κ1) is 21.7. The summed E-state index contributed by atoms with van der Waals surface area (Å²) in [5.41, 5.74) is 3.35. The van der Waals surface area contributed by atoms with Crippen LogP contribution >= 0.6 is 0 Å². The minimum atomic E-state index is -0.367. The van der Waals surface area contributed by atoms with E-state index in [9.17, 15) is 4.79 Å². The van der Waals surface area contributed by atoms with Crippen LogP contribution in [-0.2, 0) is 11.3 Å². The van der Waals surface area contributed by atoms with Gasteiger partial charge in [0.15, 0.2) is 11.5 Å². The average molecular weight is 433 g/mol. The van der Waals surface area contributed by atoms with Gasteiger partial charge in [-0.15, -0.1) is 0 Å². The van der Waals surface area contributed by atoms with Crippen molar-refractivity contribution in [1.82, 2.24) is 4.98 Å². The number of nitrogens with zero attached hydrogens (tertiary/aromatic N) is 2. The minimum Gasteiger partial charge on any atom is -0.493 e. The van der Waals surface area contributed by atoms with Crippen molar-refractivity contribution in [2.75, 3.05) is 19.1 Å². The number of aromatic nitrogens is 1. The molecule has 0 spiro atoms. The molecule has 2 aromatic carbocycles. The Balaban J connectivity index is 1.73. The Morgan fingerprint density at radius 1 is 1.00 bits per heavy atom. The van der Waals surface area contributed by atoms with E-state index in [1.165, 1.54) is 20.0 Å². The van der Waals surface area contributed by atoms with Gasteiger partial charge in [0.1, 0.15) is 0 Å². The van der Waals surface area contributed by atoms with E-state index in [1.807, 2.05) is 54.7 Å². The molecule has 0 radical (unpaired) electrons. The quantitative estimate of drug-likeness (QED) is 0.436. The van der Waals surface area contributed by atoms with E-state index in [4.69, 9.17) is 14.2 Å². The van der Waals surface area contributed by atoms with Gasteiger partial charge >= 0.3 is 5.97 Å². The Bertz CT molecular complexity index is 1050. The van der Waals surface area contributed by atoms with Crippen LogP contribution in [0.25, 0.3) is 0 Å². The zero-order chi connectivity index (χ0) is 22.3. The van der Waals surface area contributed by atoms with Crippen LogP contribution in [0.4, 0.5) is 11.4 Å². The second kappa shape index (κ2) is 10.2. The standard InChI is InChI=1S/C26H28N2O4/c1-30-24-13-12-22(16-25(24)32-23-10-3-4-11-23)28(18-19-7-6-14-27-17-19)21-9-5-8-20(15-21)26(29)31-2/h5-9,12-17,23H,3-4,10-11,18H2,1-2H3. The van der Waals surface area contributed by atoms with Gasteiger partial charge in [0.2, 0.25) is 0 Å². The molecule has 0 N–H and O–H groups in total. The van der Waals surface area contributed by atoms with E-state index in [0.29, 0.717) is 17.9 Å². The third-order valence-electron chi connectivity index (χ3n) is 5.70. The summed E-state index contributed by atoms with van der Waals surface area (Å²) in [4.78, 5) is 18.5. The Labute approximate surface area is 188 Å². The first-order chi connectivity index (χ1) is 15.7. The van der Waals surface area contributed by atoms with E-state index in [-0.39, 0.29) is 12.1 Å². The van der Waals surface area contributed by atoms with Gasteiger partial charge in [-0.1, -0.05) is 12.1 Å². The fraction of sp³-hybridized carbons (Fsp3) is 0.308. The van der Waals surface area contributed by atoms with Gasteiger partial charge in [-0.2, -0.15) is 0 Å². The molecule has 1 saturated carbocycles. The average Bonchev–Trinajstić information content (AvgIpc) is 3.36. The molecule has 1 fully saturated rings. The van der Waals surface area contributed by atoms with Crippen LogP contribution in [0.2, 0.25) is 0 Å². The van der Waals surface area contributed by atoms with Crippen molar-refractivity contribution >= 4 is 17.3 Å². The normalized spacial score (nSPS) is 13.6. The molecule has 4 rings (SSSR count). The number of pyridine rings is 1. The van der Waals surface area contributed by atoms with Crippen molar-refractivity contribution < 1.29 is 19.0 Å². The Morgan fingerprint density at radius 2 is 1.81 bits per heavy atom. The number of ether oxygens (including phenoxy) is 3. The molecule has 1 aliphatic carbocycles. The lowest BCUT2D eigenvalue weighted by molar-refractivity contribution is 0.0600. The third kappa shape index (κ3) is 5.02. The molecule has 166 valence electrons. The van der Waals surface area contributed by atoms with Gasteiger partial charge in [-0.3, -0.25) is 4.98 Å². The number of hydrogen-bond acceptors (Lipinski definition) is 6. The van der Waals surface area contributed by atoms with Gasteiger partial charge in [-0.25, -0.2) is 4.79 Å². The van der Waals surface area contributed by atoms with Crippen LogP contribution in [-0.4, -0.2) is 31.3 Å². The second-order valence-electron chi connectivity index (χ2n) is 7.85. The first-order valence-corrected chi connectivity index (χ1v) is 10.9. The van der Waals surface area contributed by atoms with Crippen LogP contribution in [0.1, 0.15) is 41.6 Å². The summed E-state index contributed by atoms with van der Waals surface area (Å²) >= 11 is 0. The third-order valence-corrected chi connectivity index (χ3v) is 5.70. The monoisotopic (exact) mass is 432 g/mol. The van der Waals surface area contributed by atoms with E-state index >= 15 is 0 Å². The molecule has 0 bridgehead atoms. The zero-order valence-corrected chi connectivity index (χ0v) is 18.5. The Morgan fingerprint density at radius 3 is 2.53 bits per heavy atom. The molecule has 0 atom stereocenters. The van der Waals surface area contributed by atoms with Crippen LogP contribution in [0.5, 0.6) is 11.5 Å². The van der Waals surface area contributed by atoms with Crippen LogP contribution in [0.15, 0.2) is 67.0 Å². The maximum atomic E-state index is 12.1. The molecule has 1 aliphatic rings. The SMILES string of the molecule is COC(=O)c1cccc(N(Cc2cccnc2)c2ccc(OC)c(OC3CCCC3)c2)c1. The van der Waals surface area contributed by atoms with E-state index in [2.05, 4.69) is 9.88 Å². The van der Waals surface area contributed by atoms with Crippen molar-refractivity contribution in [3.8, 4) is 11.5 Å². The smallest absolute Gasteiger partial charge is 0.337 e. The van der Waals surface area contributed by atoms with Gasteiger partial charge in [-0.05, 0) is 67.6 Å². The summed E-state index contributed by atoms with van der Waals surface area (Å²) in [6.07, 6.45) is 8.33. The summed E-state index contributed by atoms with van der Waals surface area (Å²) in [6, 6.07) is 17.3. The van der Waals surface area contributed by atoms with Crippen molar-refractivity contribution in [1.29, 1.82) is 0 Å². The summed E-state index contributed by atoms with van der Waals surface area (Å²) in [5, 5.41) is 0. The zero-order valence-electron chi connectivity index (χ0n) is 18.5. The van der Waals surface area contributed by atoms with Gasteiger partial charge in [0.05, 0.1) is 25.9 Å². The summed E-state index contributed by atoms with van der Waals surface area (Å²) < 4.78 is 16.8. The second-order valence-corrected chi connectivity index (χ2v) is 7.85. The molecule has 6 heteroatoms. The lowest BCUT2D eigenvalue weighted by Crippen LogP contribution is -2.18. The predicted molar refractivity (Wildman–Crippen MR) is 124 cm³/mol. The summed E-state index contributed by atoms with van der Waals surface area (Å²) in [6.45, 7) is 0.577. The molecular weight excluding hydrogens is 404 g/mol. The van der Waals surface area contributed by atoms with Crippen LogP contribution < -0.4 is 14.4 Å². The number of benzene rings is 2. The largest absolute Gasteiger partial charge is 0.493 e. The molecule has 3 aromatic rings. The Hall–Kier alpha value is -3.54. The van der Waals surface area contributed by atoms with Crippen molar-refractivity contribution in [2.24, 2.45) is 0 Å². The molecule has 32 heavy (non-hydrogen) atoms. The first-order valence-electron chi connectivity index (χ1n) is 10.9. The number of rotatable bonds is 8. The van der Waals surface area contributed by atoms with Crippen molar-refractivity contribution in [2.45, 2.75) is 38.3 Å². The van der Waals surface area contributed by atoms with Gasteiger partial charge in [0, 0.05) is 36.4 Å². The molecule has 1 heterocycles. The predicted octanol–water partition coefficient (Wildman–Crippen LogP) is 5.54. The Kier molecular flexibility index (Phi) is 6.90. The number of esters is 1. The number of methoxy groups -OCH3 is 2. The fourth-order valence-corrected chi connectivity index (χ4v) is 4.04. The van der Waals surface area contributed by atoms with E-state index in [0.717, 1.165) is 35.5 Å². The molecule has 0 saturated heterocycles. The molecule has 6 nitrogen and oxygen atoms in total. The highest BCUT2D eigenvalue weighted by Gasteiger charge is 2.20.